The van der Waals surface area contributed by atoms with Gasteiger partial charge in [-0.2, -0.15) is 5.10 Å². The highest BCUT2D eigenvalue weighted by atomic mass is 19.4. The number of aromatic nitrogens is 2. The molecule has 118 valence electrons. The average molecular weight is 311 g/mol. The van der Waals surface area contributed by atoms with E-state index in [1.807, 2.05) is 6.92 Å². The van der Waals surface area contributed by atoms with Crippen LogP contribution in [0.15, 0.2) is 24.3 Å². The summed E-state index contributed by atoms with van der Waals surface area (Å²) in [6, 6.07) is 6.16. The van der Waals surface area contributed by atoms with Gasteiger partial charge in [0, 0.05) is 24.2 Å². The second-order valence-electron chi connectivity index (χ2n) is 5.34. The molecule has 4 nitrogen and oxygen atoms in total. The normalized spacial score (nSPS) is 18.1. The highest BCUT2D eigenvalue weighted by Gasteiger charge is 2.31. The Kier molecular flexibility index (Phi) is 3.60. The van der Waals surface area contributed by atoms with Crippen LogP contribution >= 0.6 is 0 Å². The zero-order valence-electron chi connectivity index (χ0n) is 12.2. The van der Waals surface area contributed by atoms with Crippen molar-refractivity contribution in [3.8, 4) is 17.0 Å². The first-order valence-electron chi connectivity index (χ1n) is 7.00. The molecule has 1 aromatic carbocycles. The molecule has 2 heterocycles. The monoisotopic (exact) mass is 311 g/mol. The minimum Gasteiger partial charge on any atom is -0.406 e. The van der Waals surface area contributed by atoms with Gasteiger partial charge in [-0.05, 0) is 32.0 Å². The van der Waals surface area contributed by atoms with Crippen LogP contribution in [0.25, 0.3) is 11.3 Å². The summed E-state index contributed by atoms with van der Waals surface area (Å²) in [6.45, 7) is 2.85. The molecule has 0 saturated heterocycles. The molecular formula is C15H16F3N3O. The Morgan fingerprint density at radius 3 is 2.86 bits per heavy atom. The third kappa shape index (κ3) is 2.81. The van der Waals surface area contributed by atoms with Crippen LogP contribution in [0.5, 0.6) is 5.75 Å². The topological polar surface area (TPSA) is 39.1 Å². The van der Waals surface area contributed by atoms with Crippen molar-refractivity contribution in [2.24, 2.45) is 7.05 Å². The lowest BCUT2D eigenvalue weighted by atomic mass is 9.97. The van der Waals surface area contributed by atoms with Gasteiger partial charge in [0.1, 0.15) is 5.75 Å². The quantitative estimate of drug-likeness (QED) is 0.926. The molecule has 1 aliphatic rings. The summed E-state index contributed by atoms with van der Waals surface area (Å²) >= 11 is 0. The van der Waals surface area contributed by atoms with Crippen molar-refractivity contribution in [3.63, 3.8) is 0 Å². The standard InChI is InChI=1S/C15H16F3N3O/c1-9-13-12(6-7-19-9)14(21(2)20-13)10-4-3-5-11(8-10)22-15(16,17)18/h3-5,8-9,19H,6-7H2,1-2H3/t9-/m0/s1. The molecule has 0 saturated carbocycles. The minimum absolute atomic E-state index is 0.137. The Hall–Kier alpha value is -2.02. The lowest BCUT2D eigenvalue weighted by Crippen LogP contribution is -2.27. The molecule has 0 amide bonds. The maximum atomic E-state index is 12.4. The van der Waals surface area contributed by atoms with Crippen LogP contribution < -0.4 is 10.1 Å². The Balaban J connectivity index is 2.03. The molecule has 0 unspecified atom stereocenters. The van der Waals surface area contributed by atoms with Crippen molar-refractivity contribution in [1.29, 1.82) is 0 Å². The minimum atomic E-state index is -4.69. The van der Waals surface area contributed by atoms with E-state index in [4.69, 9.17) is 0 Å². The zero-order chi connectivity index (χ0) is 15.9. The van der Waals surface area contributed by atoms with Crippen molar-refractivity contribution in [1.82, 2.24) is 15.1 Å². The van der Waals surface area contributed by atoms with Gasteiger partial charge in [-0.25, -0.2) is 0 Å². The van der Waals surface area contributed by atoms with E-state index in [1.165, 1.54) is 12.1 Å². The number of halogens is 3. The third-order valence-corrected chi connectivity index (χ3v) is 3.75. The lowest BCUT2D eigenvalue weighted by Gasteiger charge is -2.19. The van der Waals surface area contributed by atoms with E-state index in [-0.39, 0.29) is 11.8 Å². The number of benzene rings is 1. The van der Waals surface area contributed by atoms with Crippen LogP contribution in [0.2, 0.25) is 0 Å². The van der Waals surface area contributed by atoms with Gasteiger partial charge in [-0.1, -0.05) is 12.1 Å². The van der Waals surface area contributed by atoms with Gasteiger partial charge in [0.15, 0.2) is 0 Å². The molecule has 2 aromatic rings. The number of hydrogen-bond acceptors (Lipinski definition) is 3. The Labute approximate surface area is 125 Å². The van der Waals surface area contributed by atoms with Crippen LogP contribution in [0, 0.1) is 0 Å². The smallest absolute Gasteiger partial charge is 0.406 e. The molecule has 1 N–H and O–H groups in total. The van der Waals surface area contributed by atoms with Gasteiger partial charge in [0.05, 0.1) is 11.4 Å². The average Bonchev–Trinajstić information content (AvgIpc) is 2.75. The molecule has 3 rings (SSSR count). The van der Waals surface area contributed by atoms with E-state index in [2.05, 4.69) is 15.2 Å². The lowest BCUT2D eigenvalue weighted by molar-refractivity contribution is -0.274. The highest BCUT2D eigenvalue weighted by molar-refractivity contribution is 5.67. The van der Waals surface area contributed by atoms with Crippen molar-refractivity contribution < 1.29 is 17.9 Å². The van der Waals surface area contributed by atoms with Gasteiger partial charge in [0.2, 0.25) is 0 Å². The van der Waals surface area contributed by atoms with E-state index >= 15 is 0 Å². The summed E-state index contributed by atoms with van der Waals surface area (Å²) in [6.07, 6.45) is -3.89. The summed E-state index contributed by atoms with van der Waals surface area (Å²) in [5.41, 5.74) is 3.55. The predicted molar refractivity (Wildman–Crippen MR) is 75.4 cm³/mol. The number of nitrogens with zero attached hydrogens (tertiary/aromatic N) is 2. The number of hydrogen-bond donors (Lipinski definition) is 1. The fraction of sp³-hybridized carbons (Fsp3) is 0.400. The number of aryl methyl sites for hydroxylation is 1. The SMILES string of the molecule is C[C@@H]1NCCc2c1nn(C)c2-c1cccc(OC(F)(F)F)c1. The van der Waals surface area contributed by atoms with Crippen molar-refractivity contribution >= 4 is 0 Å². The molecule has 1 aliphatic heterocycles. The Morgan fingerprint density at radius 2 is 2.14 bits per heavy atom. The molecule has 22 heavy (non-hydrogen) atoms. The second kappa shape index (κ2) is 5.31. The van der Waals surface area contributed by atoms with Crippen LogP contribution in [0.3, 0.4) is 0 Å². The van der Waals surface area contributed by atoms with Gasteiger partial charge in [0.25, 0.3) is 0 Å². The number of alkyl halides is 3. The van der Waals surface area contributed by atoms with Crippen LogP contribution in [0.4, 0.5) is 13.2 Å². The molecule has 1 atom stereocenters. The van der Waals surface area contributed by atoms with Gasteiger partial charge >= 0.3 is 6.36 Å². The Bertz CT molecular complexity index is 694. The first-order chi connectivity index (χ1) is 10.3. The molecule has 0 spiro atoms. The van der Waals surface area contributed by atoms with Crippen molar-refractivity contribution in [2.75, 3.05) is 6.54 Å². The number of ether oxygens (including phenoxy) is 1. The van der Waals surface area contributed by atoms with Crippen molar-refractivity contribution in [2.45, 2.75) is 25.7 Å². The van der Waals surface area contributed by atoms with E-state index in [9.17, 15) is 13.2 Å². The van der Waals surface area contributed by atoms with Gasteiger partial charge < -0.3 is 10.1 Å². The van der Waals surface area contributed by atoms with Crippen LogP contribution in [0.1, 0.15) is 24.2 Å². The molecule has 0 fully saturated rings. The molecule has 0 radical (unpaired) electrons. The molecule has 1 aromatic heterocycles. The van der Waals surface area contributed by atoms with Gasteiger partial charge in [-0.3, -0.25) is 4.68 Å². The predicted octanol–water partition coefficient (Wildman–Crippen LogP) is 3.19. The van der Waals surface area contributed by atoms with Crippen LogP contribution in [-0.2, 0) is 13.5 Å². The number of rotatable bonds is 2. The highest BCUT2D eigenvalue weighted by Crippen LogP contribution is 2.34. The first-order valence-corrected chi connectivity index (χ1v) is 7.00. The number of nitrogens with one attached hydrogen (secondary N) is 1. The van der Waals surface area contributed by atoms with E-state index in [1.54, 1.807) is 23.9 Å². The zero-order valence-corrected chi connectivity index (χ0v) is 12.2. The molecule has 0 aliphatic carbocycles. The summed E-state index contributed by atoms with van der Waals surface area (Å²) in [5, 5.41) is 7.83. The fourth-order valence-electron chi connectivity index (χ4n) is 2.89. The largest absolute Gasteiger partial charge is 0.573 e. The maximum Gasteiger partial charge on any atom is 0.573 e. The summed E-state index contributed by atoms with van der Waals surface area (Å²) in [4.78, 5) is 0. The Morgan fingerprint density at radius 1 is 1.36 bits per heavy atom. The maximum absolute atomic E-state index is 12.4. The summed E-state index contributed by atoms with van der Waals surface area (Å²) in [5.74, 6) is -0.220. The second-order valence-corrected chi connectivity index (χ2v) is 5.34. The number of fused-ring (bicyclic) bond motifs is 1. The third-order valence-electron chi connectivity index (χ3n) is 3.75. The van der Waals surface area contributed by atoms with Crippen molar-refractivity contribution in [3.05, 3.63) is 35.5 Å². The van der Waals surface area contributed by atoms with E-state index < -0.39 is 6.36 Å². The summed E-state index contributed by atoms with van der Waals surface area (Å²) in [7, 11) is 1.80. The first kappa shape index (κ1) is 14.9. The molecular weight excluding hydrogens is 295 g/mol. The molecule has 0 bridgehead atoms. The summed E-state index contributed by atoms with van der Waals surface area (Å²) < 4.78 is 42.8. The molecule has 7 heteroatoms. The fourth-order valence-corrected chi connectivity index (χ4v) is 2.89. The van der Waals surface area contributed by atoms with E-state index in [0.29, 0.717) is 5.56 Å². The van der Waals surface area contributed by atoms with E-state index in [0.717, 1.165) is 29.9 Å². The van der Waals surface area contributed by atoms with Gasteiger partial charge in [-0.15, -0.1) is 13.2 Å². The van der Waals surface area contributed by atoms with Crippen LogP contribution in [-0.4, -0.2) is 22.7 Å².